The molecule has 0 amide bonds. The normalized spacial score (nSPS) is 13.7. The summed E-state index contributed by atoms with van der Waals surface area (Å²) in [7, 11) is 5.91. The van der Waals surface area contributed by atoms with Crippen molar-refractivity contribution in [3.05, 3.63) is 146 Å². The Balaban J connectivity index is 4.21. The summed E-state index contributed by atoms with van der Waals surface area (Å²) in [5, 5.41) is 11.8. The van der Waals surface area contributed by atoms with Gasteiger partial charge in [-0.2, -0.15) is 0 Å². The SMILES string of the molecule is CC/C=C\C/C=C\C/C=C\C/C=C\C/C=C\C/C=C\C/C=C\C/C=C\CCCCCCC(=O)OC(COC(=O)CCCCCCCCCCCCCCCCCCCC/C=C\C/C=C\C/C=C\C/C=C\CC)COC(OCC[N+](C)(C)C)C(=O)[O-]. The first-order chi connectivity index (χ1) is 41.6. The Bertz CT molecular complexity index is 1900. The third-order valence-corrected chi connectivity index (χ3v) is 14.1. The van der Waals surface area contributed by atoms with Gasteiger partial charge in [0.15, 0.2) is 12.4 Å². The molecule has 0 aliphatic rings. The first-order valence-electron chi connectivity index (χ1n) is 34.0. The highest BCUT2D eigenvalue weighted by molar-refractivity contribution is 5.70. The van der Waals surface area contributed by atoms with E-state index in [0.717, 1.165) is 122 Å². The molecule has 9 heteroatoms. The molecule has 0 saturated heterocycles. The second-order valence-electron chi connectivity index (χ2n) is 23.3. The van der Waals surface area contributed by atoms with Gasteiger partial charge in [-0.1, -0.05) is 275 Å². The molecular formula is C76H125NO8. The van der Waals surface area contributed by atoms with Crippen molar-refractivity contribution in [1.29, 1.82) is 0 Å². The van der Waals surface area contributed by atoms with Crippen LogP contribution in [0, 0.1) is 0 Å². The lowest BCUT2D eigenvalue weighted by Gasteiger charge is -2.26. The number of aliphatic carboxylic acids is 1. The maximum atomic E-state index is 12.9. The molecule has 0 radical (unpaired) electrons. The van der Waals surface area contributed by atoms with E-state index in [4.69, 9.17) is 18.9 Å². The molecule has 0 aromatic heterocycles. The number of carboxylic acids is 1. The number of carbonyl (C=O) groups excluding carboxylic acids is 3. The predicted octanol–water partition coefficient (Wildman–Crippen LogP) is 19.8. The van der Waals surface area contributed by atoms with Crippen LogP contribution in [0.15, 0.2) is 146 Å². The van der Waals surface area contributed by atoms with Gasteiger partial charge in [-0.05, 0) is 116 Å². The van der Waals surface area contributed by atoms with E-state index in [-0.39, 0.29) is 38.6 Å². The first kappa shape index (κ1) is 80.2. The van der Waals surface area contributed by atoms with Gasteiger partial charge in [0, 0.05) is 12.8 Å². The zero-order chi connectivity index (χ0) is 61.9. The lowest BCUT2D eigenvalue weighted by Crippen LogP contribution is -2.44. The maximum absolute atomic E-state index is 12.9. The minimum Gasteiger partial charge on any atom is -0.545 e. The molecule has 0 N–H and O–H groups in total. The first-order valence-corrected chi connectivity index (χ1v) is 34.0. The van der Waals surface area contributed by atoms with E-state index in [2.05, 4.69) is 160 Å². The van der Waals surface area contributed by atoms with Crippen LogP contribution in [-0.2, 0) is 33.3 Å². The Labute approximate surface area is 522 Å². The highest BCUT2D eigenvalue weighted by atomic mass is 16.7. The van der Waals surface area contributed by atoms with E-state index in [9.17, 15) is 19.5 Å². The summed E-state index contributed by atoms with van der Waals surface area (Å²) in [6.45, 7) is 4.49. The summed E-state index contributed by atoms with van der Waals surface area (Å²) < 4.78 is 22.7. The molecule has 0 saturated carbocycles. The summed E-state index contributed by atoms with van der Waals surface area (Å²) in [6, 6.07) is 0. The molecule has 0 bridgehead atoms. The number of hydrogen-bond acceptors (Lipinski definition) is 8. The molecule has 2 atom stereocenters. The van der Waals surface area contributed by atoms with Crippen molar-refractivity contribution in [3.8, 4) is 0 Å². The molecule has 0 spiro atoms. The van der Waals surface area contributed by atoms with Crippen LogP contribution in [0.1, 0.15) is 258 Å². The Morgan fingerprint density at radius 2 is 0.635 bits per heavy atom. The van der Waals surface area contributed by atoms with Crippen LogP contribution in [0.4, 0.5) is 0 Å². The summed E-state index contributed by atoms with van der Waals surface area (Å²) in [4.78, 5) is 37.5. The van der Waals surface area contributed by atoms with Crippen molar-refractivity contribution in [1.82, 2.24) is 0 Å². The fourth-order valence-corrected chi connectivity index (χ4v) is 8.96. The Morgan fingerprint density at radius 1 is 0.353 bits per heavy atom. The fourth-order valence-electron chi connectivity index (χ4n) is 8.96. The number of nitrogens with zero attached hydrogens (tertiary/aromatic N) is 1. The number of unbranched alkanes of at least 4 members (excludes halogenated alkanes) is 22. The van der Waals surface area contributed by atoms with E-state index in [1.165, 1.54) is 103 Å². The van der Waals surface area contributed by atoms with Gasteiger partial charge < -0.3 is 33.3 Å². The van der Waals surface area contributed by atoms with Crippen LogP contribution in [-0.4, -0.2) is 82.3 Å². The molecule has 0 aliphatic heterocycles. The van der Waals surface area contributed by atoms with Gasteiger partial charge in [0.1, 0.15) is 13.2 Å². The minimum absolute atomic E-state index is 0.135. The van der Waals surface area contributed by atoms with Gasteiger partial charge in [-0.25, -0.2) is 0 Å². The van der Waals surface area contributed by atoms with Gasteiger partial charge in [0.2, 0.25) is 0 Å². The largest absolute Gasteiger partial charge is 0.545 e. The number of carbonyl (C=O) groups is 3. The van der Waals surface area contributed by atoms with Crippen LogP contribution in [0.3, 0.4) is 0 Å². The average molecular weight is 1180 g/mol. The van der Waals surface area contributed by atoms with Gasteiger partial charge in [0.05, 0.1) is 40.3 Å². The van der Waals surface area contributed by atoms with Crippen LogP contribution in [0.25, 0.3) is 0 Å². The molecule has 0 heterocycles. The maximum Gasteiger partial charge on any atom is 0.306 e. The van der Waals surface area contributed by atoms with E-state index < -0.39 is 24.3 Å². The third kappa shape index (κ3) is 66.5. The van der Waals surface area contributed by atoms with Crippen LogP contribution in [0.5, 0.6) is 0 Å². The van der Waals surface area contributed by atoms with E-state index >= 15 is 0 Å². The smallest absolute Gasteiger partial charge is 0.306 e. The lowest BCUT2D eigenvalue weighted by molar-refractivity contribution is -0.870. The molecule has 0 aromatic carbocycles. The number of allylic oxidation sites excluding steroid dienone is 24. The van der Waals surface area contributed by atoms with E-state index in [1.807, 2.05) is 21.1 Å². The van der Waals surface area contributed by atoms with Gasteiger partial charge in [-0.3, -0.25) is 9.59 Å². The summed E-state index contributed by atoms with van der Waals surface area (Å²) in [6.07, 6.45) is 92.0. The zero-order valence-corrected chi connectivity index (χ0v) is 54.9. The topological polar surface area (TPSA) is 111 Å². The molecular weight excluding hydrogens is 1050 g/mol. The number of ether oxygens (including phenoxy) is 4. The molecule has 85 heavy (non-hydrogen) atoms. The van der Waals surface area contributed by atoms with Crippen molar-refractivity contribution in [2.75, 3.05) is 47.5 Å². The summed E-state index contributed by atoms with van der Waals surface area (Å²) in [5.41, 5.74) is 0. The number of hydrogen-bond donors (Lipinski definition) is 0. The van der Waals surface area contributed by atoms with Crippen molar-refractivity contribution in [2.45, 2.75) is 270 Å². The summed E-state index contributed by atoms with van der Waals surface area (Å²) >= 11 is 0. The number of quaternary nitrogens is 1. The van der Waals surface area contributed by atoms with E-state index in [1.54, 1.807) is 0 Å². The third-order valence-electron chi connectivity index (χ3n) is 14.1. The van der Waals surface area contributed by atoms with Gasteiger partial charge in [0.25, 0.3) is 0 Å². The number of rotatable bonds is 61. The van der Waals surface area contributed by atoms with Crippen molar-refractivity contribution >= 4 is 17.9 Å². The zero-order valence-electron chi connectivity index (χ0n) is 54.9. The van der Waals surface area contributed by atoms with Crippen LogP contribution < -0.4 is 5.11 Å². The highest BCUT2D eigenvalue weighted by Crippen LogP contribution is 2.16. The number of likely N-dealkylation sites (N-methyl/N-ethyl adjacent to an activating group) is 1. The molecule has 0 aromatic rings. The number of esters is 2. The molecule has 482 valence electrons. The second-order valence-corrected chi connectivity index (χ2v) is 23.3. The predicted molar refractivity (Wildman–Crippen MR) is 361 cm³/mol. The Hall–Kier alpha value is -4.83. The molecule has 0 fully saturated rings. The highest BCUT2D eigenvalue weighted by Gasteiger charge is 2.22. The van der Waals surface area contributed by atoms with Gasteiger partial charge >= 0.3 is 11.9 Å². The van der Waals surface area contributed by atoms with Crippen molar-refractivity contribution in [2.24, 2.45) is 0 Å². The van der Waals surface area contributed by atoms with E-state index in [0.29, 0.717) is 17.4 Å². The van der Waals surface area contributed by atoms with Gasteiger partial charge in [-0.15, -0.1) is 0 Å². The molecule has 2 unspecified atom stereocenters. The minimum atomic E-state index is -1.64. The Kier molecular flexibility index (Phi) is 61.4. The van der Waals surface area contributed by atoms with Crippen LogP contribution >= 0.6 is 0 Å². The average Bonchev–Trinajstić information content (AvgIpc) is 3.48. The summed E-state index contributed by atoms with van der Waals surface area (Å²) in [5.74, 6) is -2.32. The van der Waals surface area contributed by atoms with Crippen LogP contribution in [0.2, 0.25) is 0 Å². The quantitative estimate of drug-likeness (QED) is 0.0195. The standard InChI is InChI=1S/C76H125NO8/c1-6-8-10-12-14-16-18-20-22-24-26-28-30-32-34-36-37-39-40-42-44-46-48-50-52-54-56-58-60-62-64-66-73(78)83-70-72(71-84-76(75(80)81)82-69-68-77(3,4)5)85-74(79)67-65-63-61-59-57-55-53-51-49-47-45-43-41-38-35-33-31-29-27-25-23-21-19-17-15-13-11-9-7-2/h8-11,14-17,20-23,26-29,33,35,41,43,47,49,53,55,72,76H,6-7,12-13,18-19,24-25,30-32,34,36-40,42,44-46,48,50-52,54,56-71H2,1-5H3/b10-8-,11-9-,16-14-,17-15-,22-20-,23-21-,28-26-,29-27-,35-33-,43-41-,49-47-,55-53-. The lowest BCUT2D eigenvalue weighted by atomic mass is 10.0. The monoisotopic (exact) mass is 1180 g/mol. The van der Waals surface area contributed by atoms with Crippen molar-refractivity contribution < 1.29 is 42.9 Å². The molecule has 0 rings (SSSR count). The Morgan fingerprint density at radius 3 is 0.941 bits per heavy atom. The second kappa shape index (κ2) is 65.2. The molecule has 0 aliphatic carbocycles. The molecule has 9 nitrogen and oxygen atoms in total. The number of carboxylic acid groups (broad SMARTS) is 1. The fraction of sp³-hybridized carbons (Fsp3) is 0.645. The van der Waals surface area contributed by atoms with Crippen molar-refractivity contribution in [3.63, 3.8) is 0 Å².